The van der Waals surface area contributed by atoms with E-state index < -0.39 is 0 Å². The molecule has 0 radical (unpaired) electrons. The lowest BCUT2D eigenvalue weighted by atomic mass is 10.1. The lowest BCUT2D eigenvalue weighted by molar-refractivity contribution is 0.310. The van der Waals surface area contributed by atoms with Gasteiger partial charge >= 0.3 is 0 Å². The fraction of sp³-hybridized carbons (Fsp3) is 0.444. The van der Waals surface area contributed by atoms with Crippen LogP contribution in [0.1, 0.15) is 12.5 Å². The summed E-state index contributed by atoms with van der Waals surface area (Å²) in [7, 11) is 0. The average Bonchev–Trinajstić information content (AvgIpc) is 2.17. The highest BCUT2D eigenvalue weighted by molar-refractivity contribution is 5.59. The Morgan fingerprint density at radius 3 is 3.42 bits per heavy atom. The molecule has 0 unspecified atom stereocenters. The summed E-state index contributed by atoms with van der Waals surface area (Å²) in [6.07, 6.45) is 2.81. The maximum atomic E-state index is 5.39. The first-order valence-electron chi connectivity index (χ1n) is 4.26. The molecular weight excluding hydrogens is 152 g/mol. The number of hydrogen-bond acceptors (Lipinski definition) is 3. The van der Waals surface area contributed by atoms with Gasteiger partial charge in [0.05, 0.1) is 0 Å². The molecular formula is C9H12N2O. The van der Waals surface area contributed by atoms with Gasteiger partial charge in [-0.05, 0) is 18.1 Å². The third-order valence-electron chi connectivity index (χ3n) is 2.03. The fourth-order valence-electron chi connectivity index (χ4n) is 1.40. The van der Waals surface area contributed by atoms with Gasteiger partial charge < -0.3 is 10.1 Å². The molecule has 0 aliphatic carbocycles. The zero-order valence-corrected chi connectivity index (χ0v) is 7.13. The van der Waals surface area contributed by atoms with Crippen LogP contribution in [0.5, 0.6) is 5.88 Å². The number of fused-ring (bicyclic) bond motifs is 1. The summed E-state index contributed by atoms with van der Waals surface area (Å²) >= 11 is 0. The lowest BCUT2D eigenvalue weighted by Gasteiger charge is -2.19. The molecule has 0 aromatic carbocycles. The Hall–Kier alpha value is -1.25. The van der Waals surface area contributed by atoms with E-state index in [0.717, 1.165) is 24.5 Å². The van der Waals surface area contributed by atoms with Gasteiger partial charge in [0.2, 0.25) is 5.88 Å². The standard InChI is InChI=1S/C9H12N2O/c1-2-7-3-4-11-9-8(7)10-5-6-12-9/h3-4,10H,2,5-6H2,1H3. The predicted octanol–water partition coefficient (Wildman–Crippen LogP) is 1.45. The summed E-state index contributed by atoms with van der Waals surface area (Å²) < 4.78 is 5.39. The van der Waals surface area contributed by atoms with E-state index in [9.17, 15) is 0 Å². The zero-order chi connectivity index (χ0) is 8.39. The minimum Gasteiger partial charge on any atom is -0.474 e. The number of aryl methyl sites for hydroxylation is 1. The van der Waals surface area contributed by atoms with Gasteiger partial charge in [-0.25, -0.2) is 4.98 Å². The van der Waals surface area contributed by atoms with Gasteiger partial charge in [-0.2, -0.15) is 0 Å². The first-order chi connectivity index (χ1) is 5.92. The molecule has 3 nitrogen and oxygen atoms in total. The van der Waals surface area contributed by atoms with Crippen molar-refractivity contribution in [1.29, 1.82) is 0 Å². The Labute approximate surface area is 71.8 Å². The van der Waals surface area contributed by atoms with Gasteiger partial charge in [0.25, 0.3) is 0 Å². The Morgan fingerprint density at radius 2 is 2.58 bits per heavy atom. The van der Waals surface area contributed by atoms with E-state index in [4.69, 9.17) is 4.74 Å². The predicted molar refractivity (Wildman–Crippen MR) is 47.6 cm³/mol. The van der Waals surface area contributed by atoms with E-state index in [2.05, 4.69) is 17.2 Å². The molecule has 64 valence electrons. The Kier molecular flexibility index (Phi) is 1.86. The minimum absolute atomic E-state index is 0.715. The molecule has 0 spiro atoms. The number of nitrogens with one attached hydrogen (secondary N) is 1. The van der Waals surface area contributed by atoms with Crippen LogP contribution in [0.25, 0.3) is 0 Å². The number of hydrogen-bond donors (Lipinski definition) is 1. The largest absolute Gasteiger partial charge is 0.474 e. The van der Waals surface area contributed by atoms with Gasteiger partial charge in [-0.1, -0.05) is 6.92 Å². The van der Waals surface area contributed by atoms with Crippen LogP contribution in [0.15, 0.2) is 12.3 Å². The molecule has 1 N–H and O–H groups in total. The third kappa shape index (κ3) is 1.11. The fourth-order valence-corrected chi connectivity index (χ4v) is 1.40. The van der Waals surface area contributed by atoms with Crippen molar-refractivity contribution < 1.29 is 4.74 Å². The number of rotatable bonds is 1. The molecule has 0 atom stereocenters. The Bertz CT molecular complexity index is 272. The molecule has 2 heterocycles. The molecule has 1 aliphatic heterocycles. The van der Waals surface area contributed by atoms with Crippen molar-refractivity contribution in [1.82, 2.24) is 4.98 Å². The highest BCUT2D eigenvalue weighted by Gasteiger charge is 2.12. The molecule has 1 aromatic heterocycles. The van der Waals surface area contributed by atoms with Crippen LogP contribution in [0.4, 0.5) is 5.69 Å². The summed E-state index contributed by atoms with van der Waals surface area (Å²) in [4.78, 5) is 4.14. The van der Waals surface area contributed by atoms with E-state index in [1.165, 1.54) is 5.56 Å². The number of pyridine rings is 1. The van der Waals surface area contributed by atoms with E-state index >= 15 is 0 Å². The second-order valence-electron chi connectivity index (χ2n) is 2.78. The average molecular weight is 164 g/mol. The van der Waals surface area contributed by atoms with Crippen molar-refractivity contribution in [2.45, 2.75) is 13.3 Å². The molecule has 0 amide bonds. The molecule has 0 saturated carbocycles. The molecule has 2 rings (SSSR count). The normalized spacial score (nSPS) is 14.4. The van der Waals surface area contributed by atoms with Crippen molar-refractivity contribution in [3.8, 4) is 5.88 Å². The number of ether oxygens (including phenoxy) is 1. The highest BCUT2D eigenvalue weighted by Crippen LogP contribution is 2.28. The quantitative estimate of drug-likeness (QED) is 0.682. The van der Waals surface area contributed by atoms with Gasteiger partial charge in [0.1, 0.15) is 12.3 Å². The first-order valence-corrected chi connectivity index (χ1v) is 4.26. The van der Waals surface area contributed by atoms with Crippen LogP contribution < -0.4 is 10.1 Å². The minimum atomic E-state index is 0.715. The Balaban J connectivity index is 2.44. The number of anilines is 1. The van der Waals surface area contributed by atoms with Gasteiger partial charge in [-0.3, -0.25) is 0 Å². The van der Waals surface area contributed by atoms with E-state index in [1.54, 1.807) is 6.20 Å². The van der Waals surface area contributed by atoms with Crippen molar-refractivity contribution in [2.24, 2.45) is 0 Å². The molecule has 0 fully saturated rings. The SMILES string of the molecule is CCc1ccnc2c1NCCO2. The molecule has 0 bridgehead atoms. The Morgan fingerprint density at radius 1 is 1.67 bits per heavy atom. The monoisotopic (exact) mass is 164 g/mol. The number of nitrogens with zero attached hydrogens (tertiary/aromatic N) is 1. The summed E-state index contributed by atoms with van der Waals surface area (Å²) in [6, 6.07) is 2.03. The maximum Gasteiger partial charge on any atom is 0.237 e. The highest BCUT2D eigenvalue weighted by atomic mass is 16.5. The van der Waals surface area contributed by atoms with Crippen molar-refractivity contribution in [3.05, 3.63) is 17.8 Å². The molecule has 1 aromatic rings. The topological polar surface area (TPSA) is 34.2 Å². The van der Waals surface area contributed by atoms with Crippen LogP contribution in [-0.2, 0) is 6.42 Å². The summed E-state index contributed by atoms with van der Waals surface area (Å²) in [5.74, 6) is 0.751. The van der Waals surface area contributed by atoms with Crippen molar-refractivity contribution in [2.75, 3.05) is 18.5 Å². The molecule has 0 saturated heterocycles. The van der Waals surface area contributed by atoms with E-state index in [0.29, 0.717) is 6.61 Å². The third-order valence-corrected chi connectivity index (χ3v) is 2.03. The van der Waals surface area contributed by atoms with Crippen LogP contribution in [0, 0.1) is 0 Å². The molecule has 1 aliphatic rings. The van der Waals surface area contributed by atoms with Gasteiger partial charge in [0, 0.05) is 12.7 Å². The van der Waals surface area contributed by atoms with Crippen LogP contribution in [0.2, 0.25) is 0 Å². The maximum absolute atomic E-state index is 5.39. The van der Waals surface area contributed by atoms with Crippen molar-refractivity contribution >= 4 is 5.69 Å². The van der Waals surface area contributed by atoms with E-state index in [-0.39, 0.29) is 0 Å². The first kappa shape index (κ1) is 7.40. The van der Waals surface area contributed by atoms with Crippen LogP contribution in [-0.4, -0.2) is 18.1 Å². The van der Waals surface area contributed by atoms with Crippen molar-refractivity contribution in [3.63, 3.8) is 0 Å². The molecule has 12 heavy (non-hydrogen) atoms. The lowest BCUT2D eigenvalue weighted by Crippen LogP contribution is -2.20. The summed E-state index contributed by atoms with van der Waals surface area (Å²) in [5.41, 5.74) is 2.35. The second-order valence-corrected chi connectivity index (χ2v) is 2.78. The summed E-state index contributed by atoms with van der Waals surface area (Å²) in [6.45, 7) is 3.73. The smallest absolute Gasteiger partial charge is 0.237 e. The van der Waals surface area contributed by atoms with E-state index in [1.807, 2.05) is 6.07 Å². The van der Waals surface area contributed by atoms with Gasteiger partial charge in [0.15, 0.2) is 0 Å². The second kappa shape index (κ2) is 3.01. The zero-order valence-electron chi connectivity index (χ0n) is 7.13. The van der Waals surface area contributed by atoms with Crippen LogP contribution in [0.3, 0.4) is 0 Å². The summed E-state index contributed by atoms with van der Waals surface area (Å²) in [5, 5.41) is 3.29. The van der Waals surface area contributed by atoms with Gasteiger partial charge in [-0.15, -0.1) is 0 Å². The molecule has 3 heteroatoms. The number of aromatic nitrogens is 1. The van der Waals surface area contributed by atoms with Crippen LogP contribution >= 0.6 is 0 Å².